The van der Waals surface area contributed by atoms with Crippen molar-refractivity contribution in [2.24, 2.45) is 5.92 Å². The number of likely N-dealkylation sites (tertiary alicyclic amines) is 1. The number of carbonyl (C=O) groups is 1. The largest absolute Gasteiger partial charge is 0.379 e. The first kappa shape index (κ1) is 21.9. The molecule has 0 spiro atoms. The fraction of sp³-hybridized carbons (Fsp3) is 0.435. The zero-order valence-electron chi connectivity index (χ0n) is 17.4. The molecule has 8 heteroatoms. The Kier molecular flexibility index (Phi) is 6.69. The molecule has 4 rings (SSSR count). The molecule has 6 nitrogen and oxygen atoms in total. The smallest absolute Gasteiger partial charge is 0.253 e. The van der Waals surface area contributed by atoms with Crippen molar-refractivity contribution in [1.82, 2.24) is 9.21 Å². The van der Waals surface area contributed by atoms with Gasteiger partial charge in [0.05, 0.1) is 18.1 Å². The standard InChI is InChI=1S/C23H27FN2O4S/c24-21-5-1-3-19(16-21)15-18-7-9-25(10-8-18)23(27)20-4-2-6-22(17-20)31(28,29)26-11-13-30-14-12-26/h1-6,16-18H,7-15H2. The highest BCUT2D eigenvalue weighted by atomic mass is 32.2. The van der Waals surface area contributed by atoms with E-state index in [-0.39, 0.29) is 16.6 Å². The molecule has 2 fully saturated rings. The minimum absolute atomic E-state index is 0.140. The Morgan fingerprint density at radius 3 is 2.42 bits per heavy atom. The van der Waals surface area contributed by atoms with Crippen molar-refractivity contribution in [3.05, 3.63) is 65.5 Å². The normalized spacial score (nSPS) is 18.8. The molecule has 0 bridgehead atoms. The van der Waals surface area contributed by atoms with E-state index in [1.807, 2.05) is 6.07 Å². The van der Waals surface area contributed by atoms with Crippen LogP contribution in [0.3, 0.4) is 0 Å². The fourth-order valence-electron chi connectivity index (χ4n) is 4.25. The Balaban J connectivity index is 1.39. The van der Waals surface area contributed by atoms with Crippen LogP contribution in [0.4, 0.5) is 4.39 Å². The lowest BCUT2D eigenvalue weighted by molar-refractivity contribution is 0.0689. The van der Waals surface area contributed by atoms with E-state index in [2.05, 4.69) is 0 Å². The van der Waals surface area contributed by atoms with Gasteiger partial charge in [-0.15, -0.1) is 0 Å². The number of carbonyl (C=O) groups excluding carboxylic acids is 1. The Hall–Kier alpha value is -2.29. The molecular weight excluding hydrogens is 419 g/mol. The maximum absolute atomic E-state index is 13.4. The summed E-state index contributed by atoms with van der Waals surface area (Å²) in [5.41, 5.74) is 1.36. The number of hydrogen-bond acceptors (Lipinski definition) is 4. The third kappa shape index (κ3) is 5.14. The first-order valence-electron chi connectivity index (χ1n) is 10.7. The van der Waals surface area contributed by atoms with Gasteiger partial charge in [-0.2, -0.15) is 4.31 Å². The molecule has 2 heterocycles. The highest BCUT2D eigenvalue weighted by Gasteiger charge is 2.28. The van der Waals surface area contributed by atoms with E-state index in [9.17, 15) is 17.6 Å². The van der Waals surface area contributed by atoms with Gasteiger partial charge in [-0.1, -0.05) is 18.2 Å². The predicted molar refractivity (Wildman–Crippen MR) is 115 cm³/mol. The molecule has 0 aromatic heterocycles. The third-order valence-corrected chi connectivity index (χ3v) is 7.90. The highest BCUT2D eigenvalue weighted by molar-refractivity contribution is 7.89. The SMILES string of the molecule is O=C(c1cccc(S(=O)(=O)N2CCOCC2)c1)N1CCC(Cc2cccc(F)c2)CC1. The van der Waals surface area contributed by atoms with Gasteiger partial charge in [0.2, 0.25) is 10.0 Å². The molecule has 0 unspecified atom stereocenters. The fourth-order valence-corrected chi connectivity index (χ4v) is 5.70. The number of halogens is 1. The van der Waals surface area contributed by atoms with E-state index in [1.165, 1.54) is 22.5 Å². The number of benzene rings is 2. The molecular formula is C23H27FN2O4S. The summed E-state index contributed by atoms with van der Waals surface area (Å²) in [6, 6.07) is 13.0. The number of rotatable bonds is 5. The van der Waals surface area contributed by atoms with E-state index < -0.39 is 10.0 Å². The maximum Gasteiger partial charge on any atom is 0.253 e. The summed E-state index contributed by atoms with van der Waals surface area (Å²) < 4.78 is 45.8. The molecule has 2 aliphatic heterocycles. The van der Waals surface area contributed by atoms with Crippen molar-refractivity contribution in [3.8, 4) is 0 Å². The summed E-state index contributed by atoms with van der Waals surface area (Å²) in [5, 5.41) is 0. The Morgan fingerprint density at radius 1 is 1.00 bits per heavy atom. The molecule has 0 saturated carbocycles. The molecule has 2 aromatic carbocycles. The minimum Gasteiger partial charge on any atom is -0.379 e. The van der Waals surface area contributed by atoms with Crippen LogP contribution in [0.25, 0.3) is 0 Å². The van der Waals surface area contributed by atoms with Crippen LogP contribution in [-0.4, -0.2) is 62.9 Å². The number of morpholine rings is 1. The second kappa shape index (κ2) is 9.46. The summed E-state index contributed by atoms with van der Waals surface area (Å²) in [5.74, 6) is 0.0270. The van der Waals surface area contributed by atoms with E-state index >= 15 is 0 Å². The van der Waals surface area contributed by atoms with Crippen molar-refractivity contribution in [3.63, 3.8) is 0 Å². The van der Waals surface area contributed by atoms with E-state index in [0.717, 1.165) is 24.8 Å². The first-order chi connectivity index (χ1) is 14.9. The van der Waals surface area contributed by atoms with Crippen LogP contribution in [0.15, 0.2) is 53.4 Å². The van der Waals surface area contributed by atoms with Gasteiger partial charge in [0, 0.05) is 31.7 Å². The number of ether oxygens (including phenoxy) is 1. The van der Waals surface area contributed by atoms with Crippen LogP contribution in [0.2, 0.25) is 0 Å². The number of hydrogen-bond donors (Lipinski definition) is 0. The van der Waals surface area contributed by atoms with Crippen LogP contribution in [0, 0.1) is 11.7 Å². The third-order valence-electron chi connectivity index (χ3n) is 6.00. The second-order valence-corrected chi connectivity index (χ2v) is 10.1. The lowest BCUT2D eigenvalue weighted by Gasteiger charge is -2.32. The Labute approximate surface area is 182 Å². The predicted octanol–water partition coefficient (Wildman–Crippen LogP) is 2.94. The molecule has 1 amide bonds. The second-order valence-electron chi connectivity index (χ2n) is 8.11. The average Bonchev–Trinajstić information content (AvgIpc) is 2.80. The molecule has 31 heavy (non-hydrogen) atoms. The van der Waals surface area contributed by atoms with E-state index in [4.69, 9.17) is 4.74 Å². The van der Waals surface area contributed by atoms with E-state index in [1.54, 1.807) is 29.2 Å². The molecule has 2 aliphatic rings. The van der Waals surface area contributed by atoms with Crippen molar-refractivity contribution in [2.45, 2.75) is 24.2 Å². The van der Waals surface area contributed by atoms with E-state index in [0.29, 0.717) is 50.9 Å². The monoisotopic (exact) mass is 446 g/mol. The van der Waals surface area contributed by atoms with Crippen molar-refractivity contribution < 1.29 is 22.3 Å². The first-order valence-corrected chi connectivity index (χ1v) is 12.1. The van der Waals surface area contributed by atoms with Gasteiger partial charge >= 0.3 is 0 Å². The van der Waals surface area contributed by atoms with Crippen LogP contribution >= 0.6 is 0 Å². The summed E-state index contributed by atoms with van der Waals surface area (Å²) in [6.45, 7) is 2.61. The van der Waals surface area contributed by atoms with Gasteiger partial charge in [0.25, 0.3) is 5.91 Å². The van der Waals surface area contributed by atoms with Gasteiger partial charge in [-0.3, -0.25) is 4.79 Å². The summed E-state index contributed by atoms with van der Waals surface area (Å²) >= 11 is 0. The summed E-state index contributed by atoms with van der Waals surface area (Å²) in [7, 11) is -3.64. The molecule has 0 atom stereocenters. The van der Waals surface area contributed by atoms with Gasteiger partial charge in [0.15, 0.2) is 0 Å². The van der Waals surface area contributed by atoms with Crippen LogP contribution in [0.1, 0.15) is 28.8 Å². The molecule has 0 radical (unpaired) electrons. The van der Waals surface area contributed by atoms with Crippen LogP contribution in [-0.2, 0) is 21.2 Å². The number of nitrogens with zero attached hydrogens (tertiary/aromatic N) is 2. The maximum atomic E-state index is 13.4. The summed E-state index contributed by atoms with van der Waals surface area (Å²) in [6.07, 6.45) is 2.48. The highest BCUT2D eigenvalue weighted by Crippen LogP contribution is 2.24. The van der Waals surface area contributed by atoms with Gasteiger partial charge in [-0.05, 0) is 61.1 Å². The van der Waals surface area contributed by atoms with Crippen molar-refractivity contribution in [2.75, 3.05) is 39.4 Å². The zero-order chi connectivity index (χ0) is 21.8. The molecule has 0 N–H and O–H groups in total. The lowest BCUT2D eigenvalue weighted by Crippen LogP contribution is -2.41. The summed E-state index contributed by atoms with van der Waals surface area (Å²) in [4.78, 5) is 14.9. The Bertz CT molecular complexity index is 1030. The van der Waals surface area contributed by atoms with Crippen LogP contribution in [0.5, 0.6) is 0 Å². The zero-order valence-corrected chi connectivity index (χ0v) is 18.2. The van der Waals surface area contributed by atoms with Gasteiger partial charge < -0.3 is 9.64 Å². The molecule has 0 aliphatic carbocycles. The number of piperidine rings is 1. The Morgan fingerprint density at radius 2 is 1.71 bits per heavy atom. The topological polar surface area (TPSA) is 66.9 Å². The lowest BCUT2D eigenvalue weighted by atomic mass is 9.90. The van der Waals surface area contributed by atoms with Gasteiger partial charge in [0.1, 0.15) is 5.82 Å². The van der Waals surface area contributed by atoms with Gasteiger partial charge in [-0.25, -0.2) is 12.8 Å². The molecule has 166 valence electrons. The molecule has 2 aromatic rings. The van der Waals surface area contributed by atoms with Crippen molar-refractivity contribution >= 4 is 15.9 Å². The van der Waals surface area contributed by atoms with Crippen molar-refractivity contribution in [1.29, 1.82) is 0 Å². The number of amides is 1. The minimum atomic E-state index is -3.64. The number of sulfonamides is 1. The quantitative estimate of drug-likeness (QED) is 0.708. The van der Waals surface area contributed by atoms with Crippen LogP contribution < -0.4 is 0 Å². The average molecular weight is 447 g/mol. The molecule has 2 saturated heterocycles.